The highest BCUT2D eigenvalue weighted by atomic mass is 16.4. The van der Waals surface area contributed by atoms with E-state index < -0.39 is 0 Å². The molecule has 5 nitrogen and oxygen atoms in total. The summed E-state index contributed by atoms with van der Waals surface area (Å²) in [7, 11) is 2.17. The lowest BCUT2D eigenvalue weighted by Gasteiger charge is -2.10. The van der Waals surface area contributed by atoms with E-state index in [0.717, 1.165) is 12.5 Å². The number of aromatic nitrogens is 2. The molecule has 1 aliphatic heterocycles. The Bertz CT molecular complexity index is 312. The number of hydrogen-bond acceptors (Lipinski definition) is 5. The summed E-state index contributed by atoms with van der Waals surface area (Å²) in [5, 5.41) is 11.1. The predicted octanol–water partition coefficient (Wildman–Crippen LogP) is 0.419. The summed E-state index contributed by atoms with van der Waals surface area (Å²) in [6.45, 7) is 5.93. The molecule has 1 aliphatic rings. The van der Waals surface area contributed by atoms with Crippen LogP contribution in [-0.2, 0) is 6.54 Å². The lowest BCUT2D eigenvalue weighted by molar-refractivity contribution is 0.381. The highest BCUT2D eigenvalue weighted by Crippen LogP contribution is 2.12. The van der Waals surface area contributed by atoms with E-state index >= 15 is 0 Å². The van der Waals surface area contributed by atoms with Crippen LogP contribution in [-0.4, -0.2) is 41.8 Å². The first kappa shape index (κ1) is 10.6. The van der Waals surface area contributed by atoms with E-state index in [4.69, 9.17) is 4.42 Å². The molecule has 0 radical (unpaired) electrons. The molecule has 1 fully saturated rings. The number of nitrogens with zero attached hydrogens (tertiary/aromatic N) is 3. The summed E-state index contributed by atoms with van der Waals surface area (Å²) in [5.74, 6) is 2.07. The Morgan fingerprint density at radius 3 is 3.00 bits per heavy atom. The van der Waals surface area contributed by atoms with E-state index in [1.54, 1.807) is 0 Å². The fraction of sp³-hybridized carbons (Fsp3) is 0.800. The van der Waals surface area contributed by atoms with Gasteiger partial charge >= 0.3 is 0 Å². The average molecular weight is 210 g/mol. The molecule has 0 amide bonds. The summed E-state index contributed by atoms with van der Waals surface area (Å²) < 4.78 is 5.27. The zero-order valence-electron chi connectivity index (χ0n) is 9.36. The van der Waals surface area contributed by atoms with Gasteiger partial charge in [-0.1, -0.05) is 0 Å². The molecule has 5 heteroatoms. The molecule has 1 aromatic rings. The van der Waals surface area contributed by atoms with Crippen LogP contribution in [0.2, 0.25) is 0 Å². The minimum atomic E-state index is 0.632. The molecule has 1 saturated heterocycles. The first-order valence-electron chi connectivity index (χ1n) is 5.42. The minimum Gasteiger partial charge on any atom is -0.424 e. The van der Waals surface area contributed by atoms with Crippen molar-refractivity contribution in [1.82, 2.24) is 20.4 Å². The molecule has 2 rings (SSSR count). The van der Waals surface area contributed by atoms with Gasteiger partial charge in [-0.25, -0.2) is 0 Å². The van der Waals surface area contributed by atoms with Gasteiger partial charge in [-0.15, -0.1) is 10.2 Å². The second-order valence-corrected chi connectivity index (χ2v) is 4.26. The molecule has 1 aromatic heterocycles. The van der Waals surface area contributed by atoms with Gasteiger partial charge in [0.2, 0.25) is 11.8 Å². The van der Waals surface area contributed by atoms with E-state index in [2.05, 4.69) is 27.5 Å². The van der Waals surface area contributed by atoms with Crippen molar-refractivity contribution in [3.05, 3.63) is 11.8 Å². The Morgan fingerprint density at radius 1 is 1.53 bits per heavy atom. The Balaban J connectivity index is 1.67. The van der Waals surface area contributed by atoms with Crippen LogP contribution in [0.5, 0.6) is 0 Å². The van der Waals surface area contributed by atoms with Gasteiger partial charge in [0.1, 0.15) is 0 Å². The highest BCUT2D eigenvalue weighted by molar-refractivity contribution is 4.80. The van der Waals surface area contributed by atoms with Crippen molar-refractivity contribution in [1.29, 1.82) is 0 Å². The van der Waals surface area contributed by atoms with Crippen molar-refractivity contribution >= 4 is 0 Å². The first-order valence-corrected chi connectivity index (χ1v) is 5.42. The van der Waals surface area contributed by atoms with E-state index in [1.165, 1.54) is 19.5 Å². The molecule has 84 valence electrons. The molecule has 0 aliphatic carbocycles. The molecule has 0 bridgehead atoms. The van der Waals surface area contributed by atoms with E-state index in [0.29, 0.717) is 18.3 Å². The van der Waals surface area contributed by atoms with Crippen LogP contribution >= 0.6 is 0 Å². The summed E-state index contributed by atoms with van der Waals surface area (Å²) in [6, 6.07) is 0. The number of hydrogen-bond donors (Lipinski definition) is 1. The van der Waals surface area contributed by atoms with Crippen LogP contribution in [0.25, 0.3) is 0 Å². The Morgan fingerprint density at radius 2 is 2.40 bits per heavy atom. The van der Waals surface area contributed by atoms with Crippen molar-refractivity contribution < 1.29 is 4.42 Å². The maximum atomic E-state index is 5.27. The van der Waals surface area contributed by atoms with Crippen LogP contribution in [0.1, 0.15) is 18.2 Å². The van der Waals surface area contributed by atoms with Gasteiger partial charge in [-0.05, 0) is 32.5 Å². The van der Waals surface area contributed by atoms with Crippen molar-refractivity contribution in [3.63, 3.8) is 0 Å². The fourth-order valence-electron chi connectivity index (χ4n) is 1.99. The lowest BCUT2D eigenvalue weighted by atomic mass is 10.1. The summed E-state index contributed by atoms with van der Waals surface area (Å²) in [4.78, 5) is 2.36. The molecule has 1 N–H and O–H groups in total. The third-order valence-electron chi connectivity index (χ3n) is 2.77. The van der Waals surface area contributed by atoms with Crippen LogP contribution in [0.4, 0.5) is 0 Å². The summed E-state index contributed by atoms with van der Waals surface area (Å²) in [6.07, 6.45) is 1.28. The third-order valence-corrected chi connectivity index (χ3v) is 2.77. The molecule has 0 spiro atoms. The van der Waals surface area contributed by atoms with Gasteiger partial charge in [-0.3, -0.25) is 0 Å². The zero-order valence-corrected chi connectivity index (χ0v) is 9.36. The van der Waals surface area contributed by atoms with Gasteiger partial charge in [0.25, 0.3) is 0 Å². The molecule has 2 heterocycles. The SMILES string of the molecule is Cc1nnc(CNCC2CCN(C)C2)o1. The maximum Gasteiger partial charge on any atom is 0.230 e. The predicted molar refractivity (Wildman–Crippen MR) is 56.3 cm³/mol. The van der Waals surface area contributed by atoms with Crippen molar-refractivity contribution in [2.45, 2.75) is 19.9 Å². The van der Waals surface area contributed by atoms with Crippen LogP contribution in [0, 0.1) is 12.8 Å². The molecule has 1 atom stereocenters. The normalized spacial score (nSPS) is 22.4. The lowest BCUT2D eigenvalue weighted by Crippen LogP contribution is -2.24. The second-order valence-electron chi connectivity index (χ2n) is 4.26. The molecule has 15 heavy (non-hydrogen) atoms. The number of rotatable bonds is 4. The Kier molecular flexibility index (Phi) is 3.33. The average Bonchev–Trinajstić information content (AvgIpc) is 2.76. The first-order chi connectivity index (χ1) is 7.24. The van der Waals surface area contributed by atoms with Crippen LogP contribution in [0.3, 0.4) is 0 Å². The smallest absolute Gasteiger partial charge is 0.230 e. The molecule has 0 saturated carbocycles. The monoisotopic (exact) mass is 210 g/mol. The fourth-order valence-corrected chi connectivity index (χ4v) is 1.99. The zero-order chi connectivity index (χ0) is 10.7. The third kappa shape index (κ3) is 3.00. The second kappa shape index (κ2) is 4.72. The highest BCUT2D eigenvalue weighted by Gasteiger charge is 2.18. The van der Waals surface area contributed by atoms with Gasteiger partial charge in [0, 0.05) is 13.5 Å². The standard InChI is InChI=1S/C10H18N4O/c1-8-12-13-10(15-8)6-11-5-9-3-4-14(2)7-9/h9,11H,3-7H2,1-2H3. The van der Waals surface area contributed by atoms with Gasteiger partial charge in [-0.2, -0.15) is 0 Å². The molecular formula is C10H18N4O. The topological polar surface area (TPSA) is 54.2 Å². The Labute approximate surface area is 89.9 Å². The van der Waals surface area contributed by atoms with Gasteiger partial charge in [0.15, 0.2) is 0 Å². The van der Waals surface area contributed by atoms with Crippen molar-refractivity contribution in [2.75, 3.05) is 26.7 Å². The quantitative estimate of drug-likeness (QED) is 0.780. The molecule has 0 aromatic carbocycles. The minimum absolute atomic E-state index is 0.632. The molecule has 1 unspecified atom stereocenters. The van der Waals surface area contributed by atoms with Gasteiger partial charge in [0.05, 0.1) is 6.54 Å². The number of aryl methyl sites for hydroxylation is 1. The largest absolute Gasteiger partial charge is 0.424 e. The van der Waals surface area contributed by atoms with E-state index in [1.807, 2.05) is 6.92 Å². The number of likely N-dealkylation sites (tertiary alicyclic amines) is 1. The van der Waals surface area contributed by atoms with E-state index in [9.17, 15) is 0 Å². The van der Waals surface area contributed by atoms with Gasteiger partial charge < -0.3 is 14.6 Å². The number of nitrogens with one attached hydrogen (secondary N) is 1. The van der Waals surface area contributed by atoms with Crippen LogP contribution in [0.15, 0.2) is 4.42 Å². The maximum absolute atomic E-state index is 5.27. The molecular weight excluding hydrogens is 192 g/mol. The van der Waals surface area contributed by atoms with Crippen LogP contribution < -0.4 is 5.32 Å². The van der Waals surface area contributed by atoms with E-state index in [-0.39, 0.29) is 0 Å². The summed E-state index contributed by atoms with van der Waals surface area (Å²) in [5.41, 5.74) is 0. The van der Waals surface area contributed by atoms with Crippen molar-refractivity contribution in [3.8, 4) is 0 Å². The van der Waals surface area contributed by atoms with Crippen molar-refractivity contribution in [2.24, 2.45) is 5.92 Å². The summed E-state index contributed by atoms with van der Waals surface area (Å²) >= 11 is 0. The Hall–Kier alpha value is -0.940.